The first-order valence-corrected chi connectivity index (χ1v) is 6.64. The van der Waals surface area contributed by atoms with Gasteiger partial charge >= 0.3 is 0 Å². The zero-order chi connectivity index (χ0) is 12.8. The molecule has 7 heteroatoms. The molecule has 0 aromatic rings. The Bertz CT molecular complexity index is 330. The number of nitrogens with one attached hydrogen (secondary N) is 1. The zero-order valence-corrected chi connectivity index (χ0v) is 10.8. The molecule has 0 spiro atoms. The van der Waals surface area contributed by atoms with Crippen LogP contribution in [0.15, 0.2) is 5.16 Å². The average molecular weight is 251 g/mol. The summed E-state index contributed by atoms with van der Waals surface area (Å²) in [5.41, 5.74) is 5.27. The van der Waals surface area contributed by atoms with Crippen molar-refractivity contribution < 1.29 is 13.6 Å². The van der Waals surface area contributed by atoms with Crippen LogP contribution < -0.4 is 10.5 Å². The van der Waals surface area contributed by atoms with Gasteiger partial charge in [-0.1, -0.05) is 5.16 Å². The topological polar surface area (TPSA) is 105 Å². The lowest BCUT2D eigenvalue weighted by molar-refractivity contribution is 0.316. The Morgan fingerprint density at radius 3 is 2.38 bits per heavy atom. The summed E-state index contributed by atoms with van der Waals surface area (Å²) in [4.78, 5) is 0. The summed E-state index contributed by atoms with van der Waals surface area (Å²) in [5, 5.41) is 11.1. The van der Waals surface area contributed by atoms with Crippen LogP contribution in [0, 0.1) is 0 Å². The lowest BCUT2D eigenvalue weighted by Gasteiger charge is -2.19. The number of amidine groups is 1. The highest BCUT2D eigenvalue weighted by Crippen LogP contribution is 2.12. The summed E-state index contributed by atoms with van der Waals surface area (Å²) in [6, 6.07) is 0. The van der Waals surface area contributed by atoms with Crippen molar-refractivity contribution in [2.45, 2.75) is 44.8 Å². The maximum Gasteiger partial charge on any atom is 0.216 e. The molecule has 6 nitrogen and oxygen atoms in total. The first-order valence-electron chi connectivity index (χ1n) is 5.16. The van der Waals surface area contributed by atoms with Crippen LogP contribution in [0.1, 0.15) is 40.0 Å². The quantitative estimate of drug-likeness (QED) is 0.211. The van der Waals surface area contributed by atoms with Gasteiger partial charge in [0.1, 0.15) is 5.84 Å². The van der Waals surface area contributed by atoms with Crippen LogP contribution in [0.2, 0.25) is 0 Å². The fourth-order valence-corrected chi connectivity index (χ4v) is 1.75. The van der Waals surface area contributed by atoms with Gasteiger partial charge in [0.05, 0.1) is 4.75 Å². The molecule has 0 aliphatic rings. The fourth-order valence-electron chi connectivity index (χ4n) is 0.904. The Hall–Kier alpha value is -0.820. The monoisotopic (exact) mass is 251 g/mol. The molecule has 0 atom stereocenters. The lowest BCUT2D eigenvalue weighted by Crippen LogP contribution is -2.39. The van der Waals surface area contributed by atoms with Crippen molar-refractivity contribution in [2.24, 2.45) is 10.9 Å². The largest absolute Gasteiger partial charge is 0.409 e. The molecule has 96 valence electrons. The normalized spacial score (nSPS) is 14.1. The molecule has 4 N–H and O–H groups in total. The number of rotatable bonds is 6. The van der Waals surface area contributed by atoms with E-state index in [9.17, 15) is 8.42 Å². The number of nitrogens with zero attached hydrogens (tertiary/aromatic N) is 1. The van der Waals surface area contributed by atoms with Gasteiger partial charge < -0.3 is 10.9 Å². The standard InChI is InChI=1S/C9H21N3O3S/c1-9(2,3)16(14,15)11-7-5-4-6-8(10)12-13/h11,13H,4-7H2,1-3H3,(H2,10,12). The Morgan fingerprint density at radius 1 is 1.38 bits per heavy atom. The molecule has 0 fully saturated rings. The van der Waals surface area contributed by atoms with Crippen molar-refractivity contribution in [3.8, 4) is 0 Å². The van der Waals surface area contributed by atoms with Gasteiger partial charge in [-0.2, -0.15) is 0 Å². The highest BCUT2D eigenvalue weighted by atomic mass is 32.2. The van der Waals surface area contributed by atoms with Gasteiger partial charge in [0.15, 0.2) is 0 Å². The lowest BCUT2D eigenvalue weighted by atomic mass is 10.2. The minimum absolute atomic E-state index is 0.165. The molecular weight excluding hydrogens is 230 g/mol. The molecule has 0 heterocycles. The third-order valence-electron chi connectivity index (χ3n) is 2.09. The SMILES string of the molecule is CC(C)(C)S(=O)(=O)NCCCCC(N)=NO. The van der Waals surface area contributed by atoms with E-state index in [-0.39, 0.29) is 5.84 Å². The second-order valence-electron chi connectivity index (χ2n) is 4.56. The van der Waals surface area contributed by atoms with Crippen molar-refractivity contribution >= 4 is 15.9 Å². The predicted molar refractivity (Wildman–Crippen MR) is 63.9 cm³/mol. The molecule has 0 bridgehead atoms. The highest BCUT2D eigenvalue weighted by molar-refractivity contribution is 7.90. The zero-order valence-electron chi connectivity index (χ0n) is 10.0. The fraction of sp³-hybridized carbons (Fsp3) is 0.889. The minimum Gasteiger partial charge on any atom is -0.409 e. The van der Waals surface area contributed by atoms with Crippen LogP contribution in [0.5, 0.6) is 0 Å². The highest BCUT2D eigenvalue weighted by Gasteiger charge is 2.27. The van der Waals surface area contributed by atoms with Crippen molar-refractivity contribution in [3.63, 3.8) is 0 Å². The van der Waals surface area contributed by atoms with Crippen molar-refractivity contribution in [2.75, 3.05) is 6.54 Å². The number of oxime groups is 1. The minimum atomic E-state index is -3.26. The first-order chi connectivity index (χ1) is 7.20. The van der Waals surface area contributed by atoms with E-state index in [1.54, 1.807) is 20.8 Å². The third kappa shape index (κ3) is 5.32. The second-order valence-corrected chi connectivity index (χ2v) is 7.08. The number of nitrogens with two attached hydrogens (primary N) is 1. The third-order valence-corrected chi connectivity index (χ3v) is 4.28. The Labute approximate surface area is 97.0 Å². The van der Waals surface area contributed by atoms with Crippen molar-refractivity contribution in [1.82, 2.24) is 4.72 Å². The predicted octanol–water partition coefficient (Wildman–Crippen LogP) is 0.621. The van der Waals surface area contributed by atoms with E-state index in [4.69, 9.17) is 10.9 Å². The molecule has 0 aliphatic heterocycles. The molecule has 0 unspecified atom stereocenters. The van der Waals surface area contributed by atoms with Crippen molar-refractivity contribution in [1.29, 1.82) is 0 Å². The molecular formula is C9H21N3O3S. The van der Waals surface area contributed by atoms with Crippen LogP contribution in [0.25, 0.3) is 0 Å². The second kappa shape index (κ2) is 6.05. The summed E-state index contributed by atoms with van der Waals surface area (Å²) < 4.78 is 24.9. The molecule has 0 amide bonds. The number of unbranched alkanes of at least 4 members (excludes halogenated alkanes) is 1. The Balaban J connectivity index is 3.85. The van der Waals surface area contributed by atoms with Crippen LogP contribution in [0.4, 0.5) is 0 Å². The van der Waals surface area contributed by atoms with Gasteiger partial charge in [-0.05, 0) is 33.6 Å². The van der Waals surface area contributed by atoms with E-state index in [0.717, 1.165) is 0 Å². The van der Waals surface area contributed by atoms with Gasteiger partial charge in [-0.15, -0.1) is 0 Å². The van der Waals surface area contributed by atoms with Gasteiger partial charge in [-0.3, -0.25) is 0 Å². The van der Waals surface area contributed by atoms with E-state index in [0.29, 0.717) is 25.8 Å². The average Bonchev–Trinajstić information content (AvgIpc) is 2.15. The first kappa shape index (κ1) is 15.2. The molecule has 0 aromatic carbocycles. The van der Waals surface area contributed by atoms with E-state index in [1.165, 1.54) is 0 Å². The summed E-state index contributed by atoms with van der Waals surface area (Å²) >= 11 is 0. The van der Waals surface area contributed by atoms with Crippen molar-refractivity contribution in [3.05, 3.63) is 0 Å². The molecule has 0 rings (SSSR count). The van der Waals surface area contributed by atoms with Gasteiger partial charge in [0.25, 0.3) is 0 Å². The van der Waals surface area contributed by atoms with E-state index in [2.05, 4.69) is 9.88 Å². The Kier molecular flexibility index (Phi) is 5.74. The summed E-state index contributed by atoms with van der Waals surface area (Å²) in [5.74, 6) is 0.165. The summed E-state index contributed by atoms with van der Waals surface area (Å²) in [6.45, 7) is 5.31. The van der Waals surface area contributed by atoms with E-state index >= 15 is 0 Å². The molecule has 0 aromatic heterocycles. The molecule has 16 heavy (non-hydrogen) atoms. The summed E-state index contributed by atoms with van der Waals surface area (Å²) in [6.07, 6.45) is 1.81. The molecule has 0 saturated heterocycles. The number of hydrogen-bond donors (Lipinski definition) is 3. The van der Waals surface area contributed by atoms with Crippen LogP contribution in [-0.2, 0) is 10.0 Å². The van der Waals surface area contributed by atoms with Gasteiger partial charge in [0, 0.05) is 13.0 Å². The molecule has 0 aliphatic carbocycles. The van der Waals surface area contributed by atoms with E-state index in [1.807, 2.05) is 0 Å². The Morgan fingerprint density at radius 2 is 1.94 bits per heavy atom. The van der Waals surface area contributed by atoms with Crippen LogP contribution in [0.3, 0.4) is 0 Å². The number of hydrogen-bond acceptors (Lipinski definition) is 4. The van der Waals surface area contributed by atoms with Gasteiger partial charge in [-0.25, -0.2) is 13.1 Å². The van der Waals surface area contributed by atoms with Crippen LogP contribution >= 0.6 is 0 Å². The van der Waals surface area contributed by atoms with E-state index < -0.39 is 14.8 Å². The summed E-state index contributed by atoms with van der Waals surface area (Å²) in [7, 11) is -3.26. The smallest absolute Gasteiger partial charge is 0.216 e. The molecule has 0 radical (unpaired) electrons. The maximum atomic E-state index is 11.6. The van der Waals surface area contributed by atoms with Gasteiger partial charge in [0.2, 0.25) is 10.0 Å². The number of sulfonamides is 1. The molecule has 0 saturated carbocycles. The maximum absolute atomic E-state index is 11.6. The van der Waals surface area contributed by atoms with Crippen LogP contribution in [-0.4, -0.2) is 30.8 Å².